The highest BCUT2D eigenvalue weighted by atomic mass is 16.3. The standard InChI is InChI=1S/C20H22N6O3/c21-17(27)16-18-24-13(15-2-1-9-29-15)10-14(26(18)12-23-16)19(28)25-7-4-20(5-8-25)3-6-22-11-20/h1-2,9-10,12,22H,3-8,11H2,(H2,21,27). The average Bonchev–Trinajstić information content (AvgIpc) is 3.48. The summed E-state index contributed by atoms with van der Waals surface area (Å²) in [7, 11) is 0. The average molecular weight is 394 g/mol. The van der Waals surface area contributed by atoms with Gasteiger partial charge in [0.2, 0.25) is 0 Å². The molecule has 2 saturated heterocycles. The number of carbonyl (C=O) groups excluding carboxylic acids is 2. The van der Waals surface area contributed by atoms with Crippen LogP contribution < -0.4 is 11.1 Å². The molecule has 2 amide bonds. The van der Waals surface area contributed by atoms with Gasteiger partial charge in [0.1, 0.15) is 17.7 Å². The molecule has 2 fully saturated rings. The third-order valence-electron chi connectivity index (χ3n) is 6.17. The summed E-state index contributed by atoms with van der Waals surface area (Å²) < 4.78 is 6.99. The molecule has 9 heteroatoms. The molecule has 29 heavy (non-hydrogen) atoms. The number of rotatable bonds is 3. The zero-order chi connectivity index (χ0) is 20.0. The lowest BCUT2D eigenvalue weighted by Crippen LogP contribution is -2.44. The van der Waals surface area contributed by atoms with Crippen LogP contribution in [-0.2, 0) is 0 Å². The number of carbonyl (C=O) groups is 2. The number of amides is 2. The van der Waals surface area contributed by atoms with Crippen LogP contribution in [0, 0.1) is 5.41 Å². The van der Waals surface area contributed by atoms with Crippen molar-refractivity contribution in [2.75, 3.05) is 26.2 Å². The number of hydrogen-bond donors (Lipinski definition) is 2. The van der Waals surface area contributed by atoms with Crippen molar-refractivity contribution < 1.29 is 14.0 Å². The minimum atomic E-state index is -0.691. The van der Waals surface area contributed by atoms with E-state index >= 15 is 0 Å². The van der Waals surface area contributed by atoms with Crippen molar-refractivity contribution >= 4 is 17.5 Å². The first-order valence-corrected chi connectivity index (χ1v) is 9.78. The first kappa shape index (κ1) is 17.9. The van der Waals surface area contributed by atoms with Gasteiger partial charge >= 0.3 is 0 Å². The highest BCUT2D eigenvalue weighted by Crippen LogP contribution is 2.37. The van der Waals surface area contributed by atoms with E-state index in [4.69, 9.17) is 10.2 Å². The van der Waals surface area contributed by atoms with Crippen LogP contribution in [0.1, 0.15) is 40.2 Å². The molecular formula is C20H22N6O3. The van der Waals surface area contributed by atoms with Crippen LogP contribution in [0.3, 0.4) is 0 Å². The van der Waals surface area contributed by atoms with Gasteiger partial charge in [-0.1, -0.05) is 0 Å². The van der Waals surface area contributed by atoms with E-state index in [0.29, 0.717) is 35.7 Å². The van der Waals surface area contributed by atoms with Crippen LogP contribution in [0.5, 0.6) is 0 Å². The Morgan fingerprint density at radius 1 is 1.24 bits per heavy atom. The molecule has 150 valence electrons. The van der Waals surface area contributed by atoms with Crippen LogP contribution in [0.15, 0.2) is 35.2 Å². The van der Waals surface area contributed by atoms with Gasteiger partial charge in [-0.2, -0.15) is 0 Å². The highest BCUT2D eigenvalue weighted by molar-refractivity contribution is 5.99. The van der Waals surface area contributed by atoms with Gasteiger partial charge in [-0.05, 0) is 49.4 Å². The first-order valence-electron chi connectivity index (χ1n) is 9.78. The zero-order valence-electron chi connectivity index (χ0n) is 15.9. The maximum atomic E-state index is 13.4. The Morgan fingerprint density at radius 3 is 2.72 bits per heavy atom. The molecule has 3 aromatic heterocycles. The van der Waals surface area contributed by atoms with Gasteiger partial charge in [-0.15, -0.1) is 0 Å². The van der Waals surface area contributed by atoms with Crippen molar-refractivity contribution in [2.45, 2.75) is 19.3 Å². The smallest absolute Gasteiger partial charge is 0.271 e. The molecule has 0 aromatic carbocycles. The van der Waals surface area contributed by atoms with Crippen LogP contribution in [-0.4, -0.2) is 57.3 Å². The molecular weight excluding hydrogens is 372 g/mol. The number of fused-ring (bicyclic) bond motifs is 1. The maximum Gasteiger partial charge on any atom is 0.271 e. The van der Waals surface area contributed by atoms with Crippen LogP contribution in [0.25, 0.3) is 17.1 Å². The van der Waals surface area contributed by atoms with Crippen LogP contribution in [0.4, 0.5) is 0 Å². The molecule has 0 radical (unpaired) electrons. The molecule has 0 unspecified atom stereocenters. The van der Waals surface area contributed by atoms with Crippen molar-refractivity contribution in [1.82, 2.24) is 24.6 Å². The quantitative estimate of drug-likeness (QED) is 0.691. The first-order chi connectivity index (χ1) is 14.1. The molecule has 2 aliphatic rings. The third-order valence-corrected chi connectivity index (χ3v) is 6.17. The third kappa shape index (κ3) is 2.98. The minimum absolute atomic E-state index is 0.0297. The van der Waals surface area contributed by atoms with Crippen molar-refractivity contribution in [1.29, 1.82) is 0 Å². The number of furan rings is 1. The summed E-state index contributed by atoms with van der Waals surface area (Å²) in [5, 5.41) is 3.44. The molecule has 3 aromatic rings. The lowest BCUT2D eigenvalue weighted by molar-refractivity contribution is 0.0600. The molecule has 2 aliphatic heterocycles. The highest BCUT2D eigenvalue weighted by Gasteiger charge is 2.38. The topological polar surface area (TPSA) is 119 Å². The normalized spacial score (nSPS) is 18.6. The second-order valence-corrected chi connectivity index (χ2v) is 7.87. The van der Waals surface area contributed by atoms with E-state index in [9.17, 15) is 9.59 Å². The molecule has 9 nitrogen and oxygen atoms in total. The van der Waals surface area contributed by atoms with Gasteiger partial charge in [0.05, 0.1) is 6.26 Å². The number of primary amides is 1. The number of nitrogens with two attached hydrogens (primary N) is 1. The SMILES string of the molecule is NC(=O)c1ncn2c(C(=O)N3CCC4(CCNC4)CC3)cc(-c3ccco3)nc12. The molecule has 1 spiro atoms. The Morgan fingerprint density at radius 2 is 2.07 bits per heavy atom. The fourth-order valence-corrected chi connectivity index (χ4v) is 4.43. The van der Waals surface area contributed by atoms with Crippen molar-refractivity contribution in [2.24, 2.45) is 11.1 Å². The summed E-state index contributed by atoms with van der Waals surface area (Å²) in [4.78, 5) is 35.6. The van der Waals surface area contributed by atoms with Crippen molar-refractivity contribution in [3.05, 3.63) is 42.2 Å². The Balaban J connectivity index is 1.53. The second-order valence-electron chi connectivity index (χ2n) is 7.87. The van der Waals surface area contributed by atoms with Gasteiger partial charge in [-0.3, -0.25) is 14.0 Å². The molecule has 5 heterocycles. The molecule has 0 aliphatic carbocycles. The van der Waals surface area contributed by atoms with E-state index in [-0.39, 0.29) is 17.2 Å². The summed E-state index contributed by atoms with van der Waals surface area (Å²) in [6.45, 7) is 3.49. The fraction of sp³-hybridized carbons (Fsp3) is 0.400. The Bertz CT molecular complexity index is 1070. The lowest BCUT2D eigenvalue weighted by atomic mass is 9.78. The summed E-state index contributed by atoms with van der Waals surface area (Å²) in [6.07, 6.45) is 6.10. The number of hydrogen-bond acceptors (Lipinski definition) is 6. The lowest BCUT2D eigenvalue weighted by Gasteiger charge is -2.38. The van der Waals surface area contributed by atoms with E-state index in [1.165, 1.54) is 23.4 Å². The number of piperidine rings is 1. The Kier molecular flexibility index (Phi) is 4.13. The Hall–Kier alpha value is -3.20. The summed E-state index contributed by atoms with van der Waals surface area (Å²) in [5.41, 5.74) is 6.90. The van der Waals surface area contributed by atoms with Gasteiger partial charge in [0.25, 0.3) is 11.8 Å². The maximum absolute atomic E-state index is 13.4. The van der Waals surface area contributed by atoms with Crippen molar-refractivity contribution in [3.63, 3.8) is 0 Å². The van der Waals surface area contributed by atoms with Gasteiger partial charge in [0.15, 0.2) is 17.1 Å². The monoisotopic (exact) mass is 394 g/mol. The second kappa shape index (κ2) is 6.70. The number of nitrogens with zero attached hydrogens (tertiary/aromatic N) is 4. The van der Waals surface area contributed by atoms with Gasteiger partial charge in [-0.25, -0.2) is 9.97 Å². The summed E-state index contributed by atoms with van der Waals surface area (Å²) in [5.74, 6) is -0.295. The zero-order valence-corrected chi connectivity index (χ0v) is 15.9. The minimum Gasteiger partial charge on any atom is -0.463 e. The largest absolute Gasteiger partial charge is 0.463 e. The van der Waals surface area contributed by atoms with E-state index in [0.717, 1.165) is 25.9 Å². The number of nitrogens with one attached hydrogen (secondary N) is 1. The van der Waals surface area contributed by atoms with Crippen molar-refractivity contribution in [3.8, 4) is 11.5 Å². The molecule has 3 N–H and O–H groups in total. The molecule has 0 bridgehead atoms. The van der Waals surface area contributed by atoms with Crippen LogP contribution >= 0.6 is 0 Å². The van der Waals surface area contributed by atoms with E-state index < -0.39 is 5.91 Å². The van der Waals surface area contributed by atoms with Gasteiger partial charge in [0, 0.05) is 19.6 Å². The number of aromatic nitrogens is 3. The van der Waals surface area contributed by atoms with E-state index in [2.05, 4.69) is 15.3 Å². The molecule has 0 saturated carbocycles. The van der Waals surface area contributed by atoms with E-state index in [1.54, 1.807) is 18.2 Å². The van der Waals surface area contributed by atoms with Crippen LogP contribution in [0.2, 0.25) is 0 Å². The Labute approximate surface area is 166 Å². The molecule has 5 rings (SSSR count). The number of imidazole rings is 1. The fourth-order valence-electron chi connectivity index (χ4n) is 4.43. The summed E-state index contributed by atoms with van der Waals surface area (Å²) >= 11 is 0. The summed E-state index contributed by atoms with van der Waals surface area (Å²) in [6, 6.07) is 5.18. The predicted molar refractivity (Wildman–Crippen MR) is 104 cm³/mol. The predicted octanol–water partition coefficient (Wildman–Crippen LogP) is 1.30. The molecule has 0 atom stereocenters. The van der Waals surface area contributed by atoms with Gasteiger partial charge < -0.3 is 20.4 Å². The van der Waals surface area contributed by atoms with E-state index in [1.807, 2.05) is 4.90 Å². The number of likely N-dealkylation sites (tertiary alicyclic amines) is 1.